The number of carbonyl (C=O) groups is 2. The topological polar surface area (TPSA) is 67.9 Å². The molecule has 1 atom stereocenters. The number of benzene rings is 2. The molecule has 0 bridgehead atoms. The van der Waals surface area contributed by atoms with E-state index in [0.29, 0.717) is 41.2 Å². The molecule has 1 N–H and O–H groups in total. The number of ether oxygens (including phenoxy) is 2. The lowest BCUT2D eigenvalue weighted by Crippen LogP contribution is -2.36. The molecule has 0 saturated heterocycles. The molecular weight excluding hydrogens is 404 g/mol. The van der Waals surface area contributed by atoms with Gasteiger partial charge in [-0.3, -0.25) is 9.59 Å². The lowest BCUT2D eigenvalue weighted by atomic mass is 10.1. The maximum absolute atomic E-state index is 13.1. The molecule has 0 radical (unpaired) electrons. The van der Waals surface area contributed by atoms with Crippen molar-refractivity contribution in [2.45, 2.75) is 39.8 Å². The van der Waals surface area contributed by atoms with Crippen LogP contribution in [0.15, 0.2) is 36.4 Å². The first kappa shape index (κ1) is 22.0. The van der Waals surface area contributed by atoms with Gasteiger partial charge >= 0.3 is 0 Å². The molecule has 3 rings (SSSR count). The summed E-state index contributed by atoms with van der Waals surface area (Å²) in [5.41, 5.74) is 2.32. The Bertz CT molecular complexity index is 945. The van der Waals surface area contributed by atoms with Crippen molar-refractivity contribution in [3.05, 3.63) is 52.5 Å². The molecule has 0 aromatic heterocycles. The van der Waals surface area contributed by atoms with Crippen LogP contribution in [0.3, 0.4) is 0 Å². The van der Waals surface area contributed by atoms with E-state index < -0.39 is 6.04 Å². The van der Waals surface area contributed by atoms with E-state index in [0.717, 1.165) is 17.7 Å². The SMILES string of the molecule is COc1cc(CN2C(=O)C(NC(C)=O)c3cc(Cl)ccc32)ccc1OCCC(C)C. The first-order chi connectivity index (χ1) is 14.3. The summed E-state index contributed by atoms with van der Waals surface area (Å²) in [4.78, 5) is 26.3. The Morgan fingerprint density at radius 3 is 2.63 bits per heavy atom. The maximum atomic E-state index is 13.1. The summed E-state index contributed by atoms with van der Waals surface area (Å²) in [5.74, 6) is 1.39. The van der Waals surface area contributed by atoms with Gasteiger partial charge in [0.05, 0.1) is 20.3 Å². The number of nitrogens with zero attached hydrogens (tertiary/aromatic N) is 1. The molecule has 1 unspecified atom stereocenters. The van der Waals surface area contributed by atoms with Gasteiger partial charge in [-0.05, 0) is 48.2 Å². The van der Waals surface area contributed by atoms with Crippen molar-refractivity contribution in [2.75, 3.05) is 18.6 Å². The minimum absolute atomic E-state index is 0.196. The summed E-state index contributed by atoms with van der Waals surface area (Å²) in [6, 6.07) is 10.2. The van der Waals surface area contributed by atoms with E-state index in [2.05, 4.69) is 19.2 Å². The number of anilines is 1. The van der Waals surface area contributed by atoms with Crippen LogP contribution in [0.1, 0.15) is 44.4 Å². The molecule has 0 spiro atoms. The molecule has 160 valence electrons. The van der Waals surface area contributed by atoms with Crippen molar-refractivity contribution in [3.8, 4) is 11.5 Å². The third kappa shape index (κ3) is 4.87. The van der Waals surface area contributed by atoms with Gasteiger partial charge in [0.1, 0.15) is 6.04 Å². The van der Waals surface area contributed by atoms with Crippen LogP contribution in [0.4, 0.5) is 5.69 Å². The van der Waals surface area contributed by atoms with Crippen LogP contribution >= 0.6 is 11.6 Å². The second-order valence-corrected chi connectivity index (χ2v) is 8.21. The Labute approximate surface area is 182 Å². The number of hydrogen-bond donors (Lipinski definition) is 1. The summed E-state index contributed by atoms with van der Waals surface area (Å²) in [7, 11) is 1.60. The Morgan fingerprint density at radius 1 is 1.20 bits per heavy atom. The molecule has 1 aliphatic rings. The highest BCUT2D eigenvalue weighted by atomic mass is 35.5. The molecular formula is C23H27ClN2O4. The molecule has 0 saturated carbocycles. The molecule has 30 heavy (non-hydrogen) atoms. The lowest BCUT2D eigenvalue weighted by molar-refractivity contribution is -0.126. The fraction of sp³-hybridized carbons (Fsp3) is 0.391. The minimum atomic E-state index is -0.739. The standard InChI is InChI=1S/C23H27ClN2O4/c1-14(2)9-10-30-20-8-5-16(11-21(20)29-4)13-26-19-7-6-17(24)12-18(19)22(23(26)28)25-15(3)27/h5-8,11-12,14,22H,9-10,13H2,1-4H3,(H,25,27). The zero-order chi connectivity index (χ0) is 21.8. The molecule has 2 aromatic carbocycles. The first-order valence-corrected chi connectivity index (χ1v) is 10.4. The molecule has 0 fully saturated rings. The zero-order valence-electron chi connectivity index (χ0n) is 17.7. The van der Waals surface area contributed by atoms with Crippen molar-refractivity contribution in [1.82, 2.24) is 5.32 Å². The lowest BCUT2D eigenvalue weighted by Gasteiger charge is -2.19. The molecule has 2 amide bonds. The number of carbonyl (C=O) groups excluding carboxylic acids is 2. The van der Waals surface area contributed by atoms with E-state index >= 15 is 0 Å². The monoisotopic (exact) mass is 430 g/mol. The van der Waals surface area contributed by atoms with E-state index in [1.165, 1.54) is 6.92 Å². The fourth-order valence-electron chi connectivity index (χ4n) is 3.43. The van der Waals surface area contributed by atoms with E-state index in [1.807, 2.05) is 18.2 Å². The number of methoxy groups -OCH3 is 1. The summed E-state index contributed by atoms with van der Waals surface area (Å²) >= 11 is 6.13. The average molecular weight is 431 g/mol. The average Bonchev–Trinajstić information content (AvgIpc) is 2.93. The van der Waals surface area contributed by atoms with Gasteiger partial charge in [0.25, 0.3) is 5.91 Å². The first-order valence-electron chi connectivity index (χ1n) is 9.97. The largest absolute Gasteiger partial charge is 0.493 e. The van der Waals surface area contributed by atoms with Crippen LogP contribution in [0, 0.1) is 5.92 Å². The summed E-state index contributed by atoms with van der Waals surface area (Å²) in [6.45, 7) is 6.64. The van der Waals surface area contributed by atoms with E-state index in [4.69, 9.17) is 21.1 Å². The van der Waals surface area contributed by atoms with Crippen molar-refractivity contribution < 1.29 is 19.1 Å². The summed E-state index contributed by atoms with van der Waals surface area (Å²) in [6.07, 6.45) is 0.955. The Kier molecular flexibility index (Phi) is 6.87. The van der Waals surface area contributed by atoms with Crippen LogP contribution in [-0.2, 0) is 16.1 Å². The van der Waals surface area contributed by atoms with Crippen molar-refractivity contribution in [1.29, 1.82) is 0 Å². The van der Waals surface area contributed by atoms with Gasteiger partial charge in [0.2, 0.25) is 5.91 Å². The van der Waals surface area contributed by atoms with Crippen LogP contribution in [0.5, 0.6) is 11.5 Å². The summed E-state index contributed by atoms with van der Waals surface area (Å²) in [5, 5.41) is 3.24. The number of rotatable bonds is 8. The van der Waals surface area contributed by atoms with E-state index in [9.17, 15) is 9.59 Å². The number of hydrogen-bond acceptors (Lipinski definition) is 4. The highest BCUT2D eigenvalue weighted by Crippen LogP contribution is 2.39. The Hall–Kier alpha value is -2.73. The number of fused-ring (bicyclic) bond motifs is 1. The van der Waals surface area contributed by atoms with Crippen LogP contribution < -0.4 is 19.7 Å². The van der Waals surface area contributed by atoms with Crippen LogP contribution in [-0.4, -0.2) is 25.5 Å². The Morgan fingerprint density at radius 2 is 1.97 bits per heavy atom. The van der Waals surface area contributed by atoms with E-state index in [-0.39, 0.29) is 11.8 Å². The highest BCUT2D eigenvalue weighted by molar-refractivity contribution is 6.31. The maximum Gasteiger partial charge on any atom is 0.254 e. The van der Waals surface area contributed by atoms with Crippen molar-refractivity contribution in [2.24, 2.45) is 5.92 Å². The quantitative estimate of drug-likeness (QED) is 0.669. The van der Waals surface area contributed by atoms with Gasteiger partial charge in [-0.15, -0.1) is 0 Å². The van der Waals surface area contributed by atoms with Crippen LogP contribution in [0.25, 0.3) is 0 Å². The fourth-order valence-corrected chi connectivity index (χ4v) is 3.61. The predicted octanol–water partition coefficient (Wildman–Crippen LogP) is 4.50. The number of halogens is 1. The zero-order valence-corrected chi connectivity index (χ0v) is 18.5. The molecule has 6 nitrogen and oxygen atoms in total. The molecule has 1 aliphatic heterocycles. The summed E-state index contributed by atoms with van der Waals surface area (Å²) < 4.78 is 11.3. The van der Waals surface area contributed by atoms with Crippen LogP contribution in [0.2, 0.25) is 5.02 Å². The van der Waals surface area contributed by atoms with Gasteiger partial charge in [-0.2, -0.15) is 0 Å². The Balaban J connectivity index is 1.83. The molecule has 2 aromatic rings. The molecule has 1 heterocycles. The number of nitrogens with one attached hydrogen (secondary N) is 1. The van der Waals surface area contributed by atoms with Gasteiger partial charge in [-0.1, -0.05) is 31.5 Å². The predicted molar refractivity (Wildman–Crippen MR) is 117 cm³/mol. The van der Waals surface area contributed by atoms with Crippen molar-refractivity contribution >= 4 is 29.1 Å². The third-order valence-electron chi connectivity index (χ3n) is 4.97. The molecule has 0 aliphatic carbocycles. The molecule has 7 heteroatoms. The smallest absolute Gasteiger partial charge is 0.254 e. The normalized spacial score (nSPS) is 15.3. The van der Waals surface area contributed by atoms with Crippen molar-refractivity contribution in [3.63, 3.8) is 0 Å². The second-order valence-electron chi connectivity index (χ2n) is 7.78. The van der Waals surface area contributed by atoms with Gasteiger partial charge in [0, 0.05) is 23.2 Å². The number of amides is 2. The third-order valence-corrected chi connectivity index (χ3v) is 5.21. The minimum Gasteiger partial charge on any atom is -0.493 e. The van der Waals surface area contributed by atoms with E-state index in [1.54, 1.807) is 30.2 Å². The second kappa shape index (κ2) is 9.39. The van der Waals surface area contributed by atoms with Gasteiger partial charge in [0.15, 0.2) is 11.5 Å². The highest BCUT2D eigenvalue weighted by Gasteiger charge is 2.38. The van der Waals surface area contributed by atoms with Gasteiger partial charge in [-0.25, -0.2) is 0 Å². The van der Waals surface area contributed by atoms with Gasteiger partial charge < -0.3 is 19.7 Å².